The van der Waals surface area contributed by atoms with E-state index in [1.54, 1.807) is 0 Å². The number of ether oxygens (including phenoxy) is 3. The smallest absolute Gasteiger partial charge is 0.325 e. The maximum absolute atomic E-state index is 12.0. The highest BCUT2D eigenvalue weighted by molar-refractivity contribution is 5.75. The molecule has 0 amide bonds. The third kappa shape index (κ3) is 6.75. The lowest BCUT2D eigenvalue weighted by Crippen LogP contribution is -2.41. The Morgan fingerprint density at radius 2 is 1.45 bits per heavy atom. The average Bonchev–Trinajstić information content (AvgIpc) is 2.78. The Labute approximate surface area is 171 Å². The first-order valence-electron chi connectivity index (χ1n) is 9.49. The van der Waals surface area contributed by atoms with Crippen LogP contribution in [0.4, 0.5) is 0 Å². The van der Waals surface area contributed by atoms with Crippen LogP contribution in [0.1, 0.15) is 11.1 Å². The zero-order valence-corrected chi connectivity index (χ0v) is 16.4. The van der Waals surface area contributed by atoms with Crippen LogP contribution in [-0.2, 0) is 27.4 Å². The summed E-state index contributed by atoms with van der Waals surface area (Å²) in [5, 5.41) is 3.20. The number of rotatable bonds is 10. The number of methoxy groups -OCH3 is 1. The fourth-order valence-corrected chi connectivity index (χ4v) is 2.76. The molecule has 0 aromatic heterocycles. The third-order valence-electron chi connectivity index (χ3n) is 4.34. The maximum atomic E-state index is 12.0. The van der Waals surface area contributed by atoms with Gasteiger partial charge in [-0.25, -0.2) is 0 Å². The van der Waals surface area contributed by atoms with E-state index in [1.807, 2.05) is 84.9 Å². The molecule has 0 saturated carbocycles. The van der Waals surface area contributed by atoms with Crippen molar-refractivity contribution < 1.29 is 19.0 Å². The van der Waals surface area contributed by atoms with E-state index in [0.717, 1.165) is 22.6 Å². The van der Waals surface area contributed by atoms with Crippen molar-refractivity contribution in [3.63, 3.8) is 0 Å². The van der Waals surface area contributed by atoms with Gasteiger partial charge in [-0.3, -0.25) is 10.1 Å². The summed E-state index contributed by atoms with van der Waals surface area (Å²) in [4.78, 5) is 12.0. The monoisotopic (exact) mass is 391 g/mol. The molecular formula is C24H25NO4. The van der Waals surface area contributed by atoms with Crippen LogP contribution in [-0.4, -0.2) is 25.7 Å². The van der Waals surface area contributed by atoms with Gasteiger partial charge >= 0.3 is 5.97 Å². The number of hydrogen-bond donors (Lipinski definition) is 1. The van der Waals surface area contributed by atoms with Crippen LogP contribution in [0.5, 0.6) is 11.5 Å². The molecule has 5 heteroatoms. The molecule has 1 N–H and O–H groups in total. The molecule has 5 nitrogen and oxygen atoms in total. The molecule has 0 radical (unpaired) electrons. The molecule has 1 atom stereocenters. The lowest BCUT2D eigenvalue weighted by Gasteiger charge is -2.17. The number of nitrogens with one attached hydrogen (secondary N) is 1. The molecule has 0 aliphatic heterocycles. The van der Waals surface area contributed by atoms with Crippen molar-refractivity contribution in [2.45, 2.75) is 19.2 Å². The molecule has 0 aliphatic carbocycles. The summed E-state index contributed by atoms with van der Waals surface area (Å²) in [6, 6.07) is 26.7. The first kappa shape index (κ1) is 20.6. The molecule has 3 rings (SSSR count). The Balaban J connectivity index is 1.50. The summed E-state index contributed by atoms with van der Waals surface area (Å²) in [7, 11) is 1.38. The van der Waals surface area contributed by atoms with Gasteiger partial charge in [-0.15, -0.1) is 0 Å². The highest BCUT2D eigenvalue weighted by atomic mass is 16.5. The Hall–Kier alpha value is -3.15. The number of carbonyl (C=O) groups excluding carboxylic acids is 1. The maximum Gasteiger partial charge on any atom is 0.325 e. The summed E-state index contributed by atoms with van der Waals surface area (Å²) in [6.45, 7) is 1.19. The second kappa shape index (κ2) is 11.0. The summed E-state index contributed by atoms with van der Waals surface area (Å²) in [6.07, 6.45) is 0. The molecule has 29 heavy (non-hydrogen) atoms. The van der Waals surface area contributed by atoms with E-state index in [1.165, 1.54) is 7.11 Å². The van der Waals surface area contributed by atoms with Crippen LogP contribution in [0, 0.1) is 0 Å². The Morgan fingerprint density at radius 3 is 2.10 bits per heavy atom. The summed E-state index contributed by atoms with van der Waals surface area (Å²) >= 11 is 0. The van der Waals surface area contributed by atoms with Gasteiger partial charge in [0.2, 0.25) is 0 Å². The topological polar surface area (TPSA) is 56.8 Å². The standard InChI is InChI=1S/C24H25NO4/c1-27-24(26)23(18-28-17-20-8-4-2-5-9-20)25-16-19-12-14-22(15-13-19)29-21-10-6-3-7-11-21/h2-15,23,25H,16-18H2,1H3/t23-/m0/s1. The molecule has 3 aromatic rings. The van der Waals surface area contributed by atoms with Gasteiger partial charge in [0.25, 0.3) is 0 Å². The van der Waals surface area contributed by atoms with Gasteiger partial charge in [-0.05, 0) is 35.4 Å². The van der Waals surface area contributed by atoms with Gasteiger partial charge in [-0.1, -0.05) is 60.7 Å². The van der Waals surface area contributed by atoms with E-state index in [4.69, 9.17) is 14.2 Å². The minimum atomic E-state index is -0.538. The molecule has 0 unspecified atom stereocenters. The lowest BCUT2D eigenvalue weighted by atomic mass is 10.2. The summed E-state index contributed by atoms with van der Waals surface area (Å²) in [5.41, 5.74) is 2.09. The van der Waals surface area contributed by atoms with Crippen molar-refractivity contribution in [2.75, 3.05) is 13.7 Å². The van der Waals surface area contributed by atoms with Crippen LogP contribution in [0.25, 0.3) is 0 Å². The second-order valence-electron chi connectivity index (χ2n) is 6.52. The van der Waals surface area contributed by atoms with Gasteiger partial charge in [0, 0.05) is 6.54 Å². The third-order valence-corrected chi connectivity index (χ3v) is 4.34. The Bertz CT molecular complexity index is 866. The van der Waals surface area contributed by atoms with E-state index in [2.05, 4.69) is 5.32 Å². The van der Waals surface area contributed by atoms with E-state index in [9.17, 15) is 4.79 Å². The minimum Gasteiger partial charge on any atom is -0.468 e. The minimum absolute atomic E-state index is 0.233. The van der Waals surface area contributed by atoms with Crippen molar-refractivity contribution >= 4 is 5.97 Å². The number of para-hydroxylation sites is 1. The van der Waals surface area contributed by atoms with E-state index in [-0.39, 0.29) is 12.6 Å². The zero-order valence-electron chi connectivity index (χ0n) is 16.4. The van der Waals surface area contributed by atoms with Gasteiger partial charge < -0.3 is 14.2 Å². The summed E-state index contributed by atoms with van der Waals surface area (Å²) in [5.74, 6) is 1.21. The molecule has 0 heterocycles. The predicted octanol–water partition coefficient (Wildman–Crippen LogP) is 4.33. The van der Waals surface area contributed by atoms with E-state index in [0.29, 0.717) is 13.2 Å². The van der Waals surface area contributed by atoms with Crippen molar-refractivity contribution in [2.24, 2.45) is 0 Å². The number of esters is 1. The first-order chi connectivity index (χ1) is 14.2. The van der Waals surface area contributed by atoms with Crippen LogP contribution in [0.2, 0.25) is 0 Å². The molecule has 150 valence electrons. The Kier molecular flexibility index (Phi) is 7.81. The van der Waals surface area contributed by atoms with Gasteiger partial charge in [0.15, 0.2) is 0 Å². The predicted molar refractivity (Wildman–Crippen MR) is 112 cm³/mol. The number of benzene rings is 3. The molecule has 0 fully saturated rings. The SMILES string of the molecule is COC(=O)[C@H](COCc1ccccc1)NCc1ccc(Oc2ccccc2)cc1. The molecular weight excluding hydrogens is 366 g/mol. The van der Waals surface area contributed by atoms with Crippen LogP contribution in [0.3, 0.4) is 0 Å². The number of carbonyl (C=O) groups is 1. The van der Waals surface area contributed by atoms with E-state index < -0.39 is 6.04 Å². The highest BCUT2D eigenvalue weighted by Crippen LogP contribution is 2.21. The molecule has 0 saturated heterocycles. The molecule has 3 aromatic carbocycles. The van der Waals surface area contributed by atoms with Gasteiger partial charge in [-0.2, -0.15) is 0 Å². The molecule has 0 spiro atoms. The van der Waals surface area contributed by atoms with Crippen molar-refractivity contribution in [1.82, 2.24) is 5.32 Å². The average molecular weight is 391 g/mol. The second-order valence-corrected chi connectivity index (χ2v) is 6.52. The number of hydrogen-bond acceptors (Lipinski definition) is 5. The van der Waals surface area contributed by atoms with Crippen LogP contribution >= 0.6 is 0 Å². The molecule has 0 aliphatic rings. The zero-order chi connectivity index (χ0) is 20.3. The molecule has 0 bridgehead atoms. The summed E-state index contributed by atoms with van der Waals surface area (Å²) < 4.78 is 16.4. The Morgan fingerprint density at radius 1 is 0.828 bits per heavy atom. The van der Waals surface area contributed by atoms with Gasteiger partial charge in [0.1, 0.15) is 17.5 Å². The normalized spacial score (nSPS) is 11.6. The van der Waals surface area contributed by atoms with Crippen molar-refractivity contribution in [1.29, 1.82) is 0 Å². The largest absolute Gasteiger partial charge is 0.468 e. The first-order valence-corrected chi connectivity index (χ1v) is 9.49. The van der Waals surface area contributed by atoms with Crippen LogP contribution in [0.15, 0.2) is 84.9 Å². The van der Waals surface area contributed by atoms with Gasteiger partial charge in [0.05, 0.1) is 20.3 Å². The van der Waals surface area contributed by atoms with Crippen molar-refractivity contribution in [3.8, 4) is 11.5 Å². The van der Waals surface area contributed by atoms with Crippen molar-refractivity contribution in [3.05, 3.63) is 96.1 Å². The highest BCUT2D eigenvalue weighted by Gasteiger charge is 2.18. The quantitative estimate of drug-likeness (QED) is 0.522. The van der Waals surface area contributed by atoms with Crippen LogP contribution < -0.4 is 10.1 Å². The lowest BCUT2D eigenvalue weighted by molar-refractivity contribution is -0.145. The fraction of sp³-hybridized carbons (Fsp3) is 0.208. The van der Waals surface area contributed by atoms with E-state index >= 15 is 0 Å². The fourth-order valence-electron chi connectivity index (χ4n) is 2.76.